The minimum atomic E-state index is -0.636. The molecule has 1 heterocycles. The van der Waals surface area contributed by atoms with Crippen LogP contribution in [0.25, 0.3) is 5.69 Å². The zero-order valence-corrected chi connectivity index (χ0v) is 16.3. The molecule has 0 aliphatic carbocycles. The van der Waals surface area contributed by atoms with Gasteiger partial charge < -0.3 is 4.74 Å². The molecule has 0 saturated heterocycles. The molecular weight excluding hydrogens is 400 g/mol. The highest BCUT2D eigenvalue weighted by Crippen LogP contribution is 2.26. The molecule has 1 unspecified atom stereocenters. The van der Waals surface area contributed by atoms with Gasteiger partial charge in [-0.3, -0.25) is 20.2 Å². The lowest BCUT2D eigenvalue weighted by atomic mass is 10.1. The van der Waals surface area contributed by atoms with Crippen molar-refractivity contribution in [1.82, 2.24) is 25.5 Å². The lowest BCUT2D eigenvalue weighted by Gasteiger charge is -2.18. The summed E-state index contributed by atoms with van der Waals surface area (Å²) in [5.41, 5.74) is 2.14. The molecule has 0 bridgehead atoms. The minimum absolute atomic E-state index is 0.0502. The summed E-state index contributed by atoms with van der Waals surface area (Å²) in [7, 11) is 1.28. The molecule has 0 spiro atoms. The van der Waals surface area contributed by atoms with Gasteiger partial charge in [0.15, 0.2) is 5.82 Å². The predicted molar refractivity (Wildman–Crippen MR) is 104 cm³/mol. The summed E-state index contributed by atoms with van der Waals surface area (Å²) in [6.45, 7) is 1.78. The number of benzene rings is 2. The number of nitrogens with zero attached hydrogens (tertiary/aromatic N) is 5. The second kappa shape index (κ2) is 8.76. The molecule has 150 valence electrons. The molecule has 10 nitrogen and oxygen atoms in total. The van der Waals surface area contributed by atoms with Crippen molar-refractivity contribution in [3.8, 4) is 5.69 Å². The Hall–Kier alpha value is -3.37. The standard InChI is InChI=1S/C18H17ClN6O4/c1-11-3-6-13(19)9-15(11)24-18(21-22-23-24)17(20-10-16(26)29-2)12-4-7-14(8-5-12)25(27)28/h3-9,17,20H,10H2,1-2H3. The Morgan fingerprint density at radius 2 is 2.03 bits per heavy atom. The highest BCUT2D eigenvalue weighted by atomic mass is 35.5. The predicted octanol–water partition coefficient (Wildman–Crippen LogP) is 2.38. The number of halogens is 1. The fourth-order valence-electron chi connectivity index (χ4n) is 2.76. The normalized spacial score (nSPS) is 11.8. The van der Waals surface area contributed by atoms with Gasteiger partial charge in [0.1, 0.15) is 0 Å². The first-order valence-corrected chi connectivity index (χ1v) is 8.88. The summed E-state index contributed by atoms with van der Waals surface area (Å²) in [4.78, 5) is 22.1. The van der Waals surface area contributed by atoms with Gasteiger partial charge in [0.05, 0.1) is 30.3 Å². The van der Waals surface area contributed by atoms with E-state index in [1.165, 1.54) is 23.9 Å². The van der Waals surface area contributed by atoms with Gasteiger partial charge >= 0.3 is 5.97 Å². The van der Waals surface area contributed by atoms with Gasteiger partial charge in [0.2, 0.25) is 0 Å². The number of non-ortho nitro benzene ring substituents is 1. The maximum atomic E-state index is 11.7. The maximum Gasteiger partial charge on any atom is 0.319 e. The van der Waals surface area contributed by atoms with Gasteiger partial charge in [0.25, 0.3) is 5.69 Å². The summed E-state index contributed by atoms with van der Waals surface area (Å²) in [6.07, 6.45) is 0. The van der Waals surface area contributed by atoms with Gasteiger partial charge in [-0.1, -0.05) is 29.8 Å². The van der Waals surface area contributed by atoms with E-state index in [0.29, 0.717) is 22.1 Å². The van der Waals surface area contributed by atoms with Gasteiger partial charge in [-0.2, -0.15) is 4.68 Å². The average molecular weight is 417 g/mol. The Morgan fingerprint density at radius 1 is 1.31 bits per heavy atom. The van der Waals surface area contributed by atoms with E-state index in [-0.39, 0.29) is 12.2 Å². The topological polar surface area (TPSA) is 125 Å². The van der Waals surface area contributed by atoms with Crippen LogP contribution in [0.4, 0.5) is 5.69 Å². The van der Waals surface area contributed by atoms with Crippen molar-refractivity contribution in [3.63, 3.8) is 0 Å². The van der Waals surface area contributed by atoms with Crippen LogP contribution in [0, 0.1) is 17.0 Å². The fourth-order valence-corrected chi connectivity index (χ4v) is 2.93. The summed E-state index contributed by atoms with van der Waals surface area (Å²) >= 11 is 6.13. The zero-order valence-electron chi connectivity index (χ0n) is 15.6. The number of hydrogen-bond donors (Lipinski definition) is 1. The van der Waals surface area contributed by atoms with E-state index in [1.54, 1.807) is 24.3 Å². The molecule has 29 heavy (non-hydrogen) atoms. The number of tetrazole rings is 1. The Bertz CT molecular complexity index is 1040. The van der Waals surface area contributed by atoms with Crippen molar-refractivity contribution >= 4 is 23.3 Å². The molecule has 1 aromatic heterocycles. The van der Waals surface area contributed by atoms with Crippen LogP contribution in [0.2, 0.25) is 5.02 Å². The van der Waals surface area contributed by atoms with Crippen LogP contribution in [-0.4, -0.2) is 44.8 Å². The quantitative estimate of drug-likeness (QED) is 0.353. The molecule has 0 saturated carbocycles. The van der Waals surface area contributed by atoms with Gasteiger partial charge in [-0.15, -0.1) is 5.10 Å². The Kier molecular flexibility index (Phi) is 6.15. The Balaban J connectivity index is 2.05. The number of nitro groups is 1. The second-order valence-electron chi connectivity index (χ2n) is 6.12. The zero-order chi connectivity index (χ0) is 21.0. The first-order valence-electron chi connectivity index (χ1n) is 8.50. The molecule has 3 aromatic rings. The van der Waals surface area contributed by atoms with E-state index in [9.17, 15) is 14.9 Å². The third-order valence-electron chi connectivity index (χ3n) is 4.27. The highest BCUT2D eigenvalue weighted by molar-refractivity contribution is 6.30. The number of ether oxygens (including phenoxy) is 1. The average Bonchev–Trinajstić information content (AvgIpc) is 3.19. The van der Waals surface area contributed by atoms with Crippen LogP contribution in [0.1, 0.15) is 23.0 Å². The van der Waals surface area contributed by atoms with Crippen molar-refractivity contribution in [2.24, 2.45) is 0 Å². The fraction of sp³-hybridized carbons (Fsp3) is 0.222. The molecule has 0 aliphatic heterocycles. The van der Waals surface area contributed by atoms with E-state index >= 15 is 0 Å². The van der Waals surface area contributed by atoms with E-state index in [4.69, 9.17) is 11.6 Å². The largest absolute Gasteiger partial charge is 0.468 e. The molecular formula is C18H17ClN6O4. The minimum Gasteiger partial charge on any atom is -0.468 e. The number of rotatable bonds is 7. The summed E-state index contributed by atoms with van der Waals surface area (Å²) in [6, 6.07) is 10.6. The van der Waals surface area contributed by atoms with Crippen LogP contribution >= 0.6 is 11.6 Å². The third-order valence-corrected chi connectivity index (χ3v) is 4.50. The molecule has 0 radical (unpaired) electrons. The Morgan fingerprint density at radius 3 is 2.69 bits per heavy atom. The number of methoxy groups -OCH3 is 1. The number of hydrogen-bond acceptors (Lipinski definition) is 8. The number of aryl methyl sites for hydroxylation is 1. The number of aromatic nitrogens is 4. The van der Waals surface area contributed by atoms with E-state index in [2.05, 4.69) is 25.6 Å². The highest BCUT2D eigenvalue weighted by Gasteiger charge is 2.24. The van der Waals surface area contributed by atoms with Crippen LogP contribution in [-0.2, 0) is 9.53 Å². The molecule has 2 aromatic carbocycles. The molecule has 11 heteroatoms. The molecule has 1 atom stereocenters. The first kappa shape index (κ1) is 20.4. The maximum absolute atomic E-state index is 11.7. The van der Waals surface area contributed by atoms with Crippen LogP contribution < -0.4 is 5.32 Å². The number of carbonyl (C=O) groups is 1. The van der Waals surface area contributed by atoms with E-state index < -0.39 is 16.9 Å². The van der Waals surface area contributed by atoms with Gasteiger partial charge in [0, 0.05) is 17.2 Å². The van der Waals surface area contributed by atoms with Crippen molar-refractivity contribution in [2.75, 3.05) is 13.7 Å². The lowest BCUT2D eigenvalue weighted by Crippen LogP contribution is -2.31. The molecule has 0 amide bonds. The van der Waals surface area contributed by atoms with Crippen LogP contribution in [0.5, 0.6) is 0 Å². The second-order valence-corrected chi connectivity index (χ2v) is 6.55. The van der Waals surface area contributed by atoms with E-state index in [1.807, 2.05) is 13.0 Å². The van der Waals surface area contributed by atoms with Crippen molar-refractivity contribution < 1.29 is 14.5 Å². The number of nitrogens with one attached hydrogen (secondary N) is 1. The molecule has 3 rings (SSSR count). The molecule has 1 N–H and O–H groups in total. The number of nitro benzene ring substituents is 1. The van der Waals surface area contributed by atoms with Crippen molar-refractivity contribution in [1.29, 1.82) is 0 Å². The van der Waals surface area contributed by atoms with Crippen molar-refractivity contribution in [2.45, 2.75) is 13.0 Å². The van der Waals surface area contributed by atoms with Crippen molar-refractivity contribution in [3.05, 3.63) is 74.6 Å². The Labute approximate surface area is 170 Å². The summed E-state index contributed by atoms with van der Waals surface area (Å²) in [5.74, 6) is -0.0944. The number of carbonyl (C=O) groups excluding carboxylic acids is 1. The molecule has 0 aliphatic rings. The number of esters is 1. The van der Waals surface area contributed by atoms with Crippen LogP contribution in [0.3, 0.4) is 0 Å². The summed E-state index contributed by atoms with van der Waals surface area (Å²) < 4.78 is 6.20. The SMILES string of the molecule is COC(=O)CNC(c1ccc([N+](=O)[O-])cc1)c1nnnn1-c1cc(Cl)ccc1C. The molecule has 0 fully saturated rings. The van der Waals surface area contributed by atoms with Gasteiger partial charge in [-0.25, -0.2) is 0 Å². The lowest BCUT2D eigenvalue weighted by molar-refractivity contribution is -0.384. The van der Waals surface area contributed by atoms with Gasteiger partial charge in [-0.05, 0) is 40.6 Å². The first-order chi connectivity index (χ1) is 13.9. The monoisotopic (exact) mass is 416 g/mol. The third kappa shape index (κ3) is 4.55. The van der Waals surface area contributed by atoms with E-state index in [0.717, 1.165) is 5.56 Å². The summed E-state index contributed by atoms with van der Waals surface area (Å²) in [5, 5.41) is 26.4. The smallest absolute Gasteiger partial charge is 0.319 e. The van der Waals surface area contributed by atoms with Crippen LogP contribution in [0.15, 0.2) is 42.5 Å².